The van der Waals surface area contributed by atoms with E-state index in [1.165, 1.54) is 0 Å². The smallest absolute Gasteiger partial charge is 0.402 e. The Bertz CT molecular complexity index is 151. The first kappa shape index (κ1) is 7.37. The lowest BCUT2D eigenvalue weighted by Gasteiger charge is -2.08. The summed E-state index contributed by atoms with van der Waals surface area (Å²) in [5.74, 6) is -3.03. The maximum atomic E-state index is 11.7. The summed E-state index contributed by atoms with van der Waals surface area (Å²) in [4.78, 5) is 10.3. The molecule has 0 aromatic rings. The maximum absolute atomic E-state index is 11.7. The highest BCUT2D eigenvalue weighted by Crippen LogP contribution is 2.32. The molecule has 0 spiro atoms. The molecule has 0 amide bonds. The summed E-state index contributed by atoms with van der Waals surface area (Å²) in [6.45, 7) is -0.108. The highest BCUT2D eigenvalue weighted by atomic mass is 19.4. The quantitative estimate of drug-likeness (QED) is 0.488. The number of rotatable bonds is 0. The van der Waals surface area contributed by atoms with E-state index in [1.54, 1.807) is 0 Å². The third kappa shape index (κ3) is 1.22. The number of hydrogen-bond donors (Lipinski definition) is 0. The maximum Gasteiger partial charge on any atom is 0.402 e. The molecule has 1 unspecified atom stereocenters. The first-order valence-corrected chi connectivity index (χ1v) is 2.75. The van der Waals surface area contributed by atoms with Crippen LogP contribution >= 0.6 is 0 Å². The molecule has 0 N–H and O–H groups in total. The van der Waals surface area contributed by atoms with E-state index in [1.807, 2.05) is 0 Å². The van der Waals surface area contributed by atoms with Gasteiger partial charge in [0.05, 0.1) is 6.61 Å². The minimum atomic E-state index is -4.42. The molecule has 0 radical (unpaired) electrons. The standard InChI is InChI=1S/C5H5F3O2/c6-5(7,8)3-1-2-10-4(3)9/h3H,1-2H2. The lowest BCUT2D eigenvalue weighted by atomic mass is 10.1. The predicted molar refractivity (Wildman–Crippen MR) is 25.1 cm³/mol. The van der Waals surface area contributed by atoms with E-state index >= 15 is 0 Å². The van der Waals surface area contributed by atoms with Crippen molar-refractivity contribution in [3.05, 3.63) is 0 Å². The fourth-order valence-electron chi connectivity index (χ4n) is 0.793. The van der Waals surface area contributed by atoms with E-state index in [9.17, 15) is 18.0 Å². The van der Waals surface area contributed by atoms with Gasteiger partial charge in [-0.2, -0.15) is 13.2 Å². The first-order chi connectivity index (χ1) is 4.52. The van der Waals surface area contributed by atoms with Gasteiger partial charge in [0, 0.05) is 6.42 Å². The van der Waals surface area contributed by atoms with Gasteiger partial charge in [0.25, 0.3) is 0 Å². The molecule has 0 aromatic heterocycles. The van der Waals surface area contributed by atoms with Gasteiger partial charge in [0.2, 0.25) is 0 Å². The Kier molecular flexibility index (Phi) is 1.58. The zero-order chi connectivity index (χ0) is 7.78. The van der Waals surface area contributed by atoms with Gasteiger partial charge in [-0.25, -0.2) is 0 Å². The third-order valence-corrected chi connectivity index (χ3v) is 1.33. The minimum Gasteiger partial charge on any atom is -0.465 e. The highest BCUT2D eigenvalue weighted by molar-refractivity contribution is 5.74. The molecule has 1 heterocycles. The molecule has 58 valence electrons. The monoisotopic (exact) mass is 154 g/mol. The number of carbonyl (C=O) groups excluding carboxylic acids is 1. The van der Waals surface area contributed by atoms with E-state index in [2.05, 4.69) is 4.74 Å². The van der Waals surface area contributed by atoms with Crippen molar-refractivity contribution in [2.45, 2.75) is 12.6 Å². The summed E-state index contributed by atoms with van der Waals surface area (Å²) < 4.78 is 39.3. The molecule has 1 aliphatic rings. The second-order valence-corrected chi connectivity index (χ2v) is 2.05. The zero-order valence-corrected chi connectivity index (χ0v) is 4.94. The van der Waals surface area contributed by atoms with Crippen LogP contribution in [0.2, 0.25) is 0 Å². The van der Waals surface area contributed by atoms with Gasteiger partial charge in [-0.1, -0.05) is 0 Å². The zero-order valence-electron chi connectivity index (χ0n) is 4.94. The van der Waals surface area contributed by atoms with Crippen LogP contribution in [-0.4, -0.2) is 18.8 Å². The van der Waals surface area contributed by atoms with Crippen molar-refractivity contribution in [2.24, 2.45) is 5.92 Å². The normalized spacial score (nSPS) is 26.7. The van der Waals surface area contributed by atoms with E-state index < -0.39 is 18.1 Å². The molecule has 0 bridgehead atoms. The van der Waals surface area contributed by atoms with Crippen molar-refractivity contribution in [2.75, 3.05) is 6.61 Å². The van der Waals surface area contributed by atoms with E-state index in [-0.39, 0.29) is 13.0 Å². The van der Waals surface area contributed by atoms with Gasteiger partial charge < -0.3 is 4.74 Å². The Morgan fingerprint density at radius 2 is 2.10 bits per heavy atom. The van der Waals surface area contributed by atoms with Crippen LogP contribution in [0.5, 0.6) is 0 Å². The number of halogens is 3. The summed E-state index contributed by atoms with van der Waals surface area (Å²) in [5.41, 5.74) is 0. The molecule has 5 heteroatoms. The molecule has 2 nitrogen and oxygen atoms in total. The summed E-state index contributed by atoms with van der Waals surface area (Å²) in [7, 11) is 0. The SMILES string of the molecule is O=C1OCCC1C(F)(F)F. The fourth-order valence-corrected chi connectivity index (χ4v) is 0.793. The van der Waals surface area contributed by atoms with E-state index in [0.29, 0.717) is 0 Å². The topological polar surface area (TPSA) is 26.3 Å². The molecular weight excluding hydrogens is 149 g/mol. The fraction of sp³-hybridized carbons (Fsp3) is 0.800. The van der Waals surface area contributed by atoms with Gasteiger partial charge in [-0.05, 0) is 0 Å². The van der Waals surface area contributed by atoms with E-state index in [0.717, 1.165) is 0 Å². The number of alkyl halides is 3. The summed E-state index contributed by atoms with van der Waals surface area (Å²) in [6, 6.07) is 0. The van der Waals surface area contributed by atoms with Crippen LogP contribution in [0.15, 0.2) is 0 Å². The lowest BCUT2D eigenvalue weighted by Crippen LogP contribution is -2.26. The predicted octanol–water partition coefficient (Wildman–Crippen LogP) is 1.11. The molecule has 1 fully saturated rings. The van der Waals surface area contributed by atoms with Crippen LogP contribution in [0.3, 0.4) is 0 Å². The van der Waals surface area contributed by atoms with Crippen molar-refractivity contribution < 1.29 is 22.7 Å². The molecule has 1 atom stereocenters. The largest absolute Gasteiger partial charge is 0.465 e. The number of hydrogen-bond acceptors (Lipinski definition) is 2. The Morgan fingerprint density at radius 3 is 2.30 bits per heavy atom. The van der Waals surface area contributed by atoms with Gasteiger partial charge in [-0.3, -0.25) is 4.79 Å². The van der Waals surface area contributed by atoms with Gasteiger partial charge >= 0.3 is 12.1 Å². The van der Waals surface area contributed by atoms with Gasteiger partial charge in [-0.15, -0.1) is 0 Å². The van der Waals surface area contributed by atoms with Crippen molar-refractivity contribution in [3.8, 4) is 0 Å². The molecule has 0 aromatic carbocycles. The lowest BCUT2D eigenvalue weighted by molar-refractivity contribution is -0.185. The van der Waals surface area contributed by atoms with Crippen molar-refractivity contribution in [1.29, 1.82) is 0 Å². The number of cyclic esters (lactones) is 1. The summed E-state index contributed by atoms with van der Waals surface area (Å²) >= 11 is 0. The van der Waals surface area contributed by atoms with Gasteiger partial charge in [0.1, 0.15) is 0 Å². The average Bonchev–Trinajstić information content (AvgIpc) is 2.11. The van der Waals surface area contributed by atoms with Crippen LogP contribution in [0.4, 0.5) is 13.2 Å². The molecule has 10 heavy (non-hydrogen) atoms. The average molecular weight is 154 g/mol. The first-order valence-electron chi connectivity index (χ1n) is 2.75. The van der Waals surface area contributed by atoms with Crippen molar-refractivity contribution in [1.82, 2.24) is 0 Å². The molecular formula is C5H5F3O2. The number of ether oxygens (including phenoxy) is 1. The second kappa shape index (κ2) is 2.14. The van der Waals surface area contributed by atoms with Crippen LogP contribution < -0.4 is 0 Å². The second-order valence-electron chi connectivity index (χ2n) is 2.05. The summed E-state index contributed by atoms with van der Waals surface area (Å²) in [5, 5.41) is 0. The molecule has 0 aliphatic carbocycles. The minimum absolute atomic E-state index is 0.108. The molecule has 0 saturated carbocycles. The van der Waals surface area contributed by atoms with E-state index in [4.69, 9.17) is 0 Å². The van der Waals surface area contributed by atoms with Crippen LogP contribution in [0.1, 0.15) is 6.42 Å². The third-order valence-electron chi connectivity index (χ3n) is 1.33. The van der Waals surface area contributed by atoms with Crippen LogP contribution in [0, 0.1) is 5.92 Å². The van der Waals surface area contributed by atoms with Gasteiger partial charge in [0.15, 0.2) is 5.92 Å². The Balaban J connectivity index is 2.64. The molecule has 1 aliphatic heterocycles. The van der Waals surface area contributed by atoms with Crippen molar-refractivity contribution in [3.63, 3.8) is 0 Å². The molecule has 1 saturated heterocycles. The Labute approximate surface area is 55.0 Å². The Hall–Kier alpha value is -0.740. The number of esters is 1. The number of carbonyl (C=O) groups is 1. The van der Waals surface area contributed by atoms with Crippen LogP contribution in [-0.2, 0) is 9.53 Å². The molecule has 1 rings (SSSR count). The Morgan fingerprint density at radius 1 is 1.50 bits per heavy atom. The van der Waals surface area contributed by atoms with Crippen LogP contribution in [0.25, 0.3) is 0 Å². The highest BCUT2D eigenvalue weighted by Gasteiger charge is 2.48. The van der Waals surface area contributed by atoms with Crippen molar-refractivity contribution >= 4 is 5.97 Å². The summed E-state index contributed by atoms with van der Waals surface area (Å²) in [6.07, 6.45) is -4.66.